The van der Waals surface area contributed by atoms with Gasteiger partial charge in [0.1, 0.15) is 0 Å². The topological polar surface area (TPSA) is 78.6 Å². The van der Waals surface area contributed by atoms with E-state index in [4.69, 9.17) is 10.8 Å². The molecule has 2 rings (SSSR count). The molecule has 2 aromatic carbocycles. The number of nitrogens with zero attached hydrogens (tertiary/aromatic N) is 1. The van der Waals surface area contributed by atoms with Gasteiger partial charge in [-0.15, -0.1) is 0 Å². The molecule has 0 aromatic heterocycles. The lowest BCUT2D eigenvalue weighted by atomic mass is 10.1. The minimum absolute atomic E-state index is 0.0972. The number of hydrogen-bond donors (Lipinski definition) is 3. The smallest absolute Gasteiger partial charge is 0.337 e. The lowest BCUT2D eigenvalue weighted by Gasteiger charge is -2.18. The molecule has 0 unspecified atom stereocenters. The second-order valence-electron chi connectivity index (χ2n) is 5.09. The first-order valence-electron chi connectivity index (χ1n) is 6.57. The lowest BCUT2D eigenvalue weighted by molar-refractivity contribution is 0.0698. The number of benzene rings is 2. The molecule has 5 nitrogen and oxygen atoms in total. The van der Waals surface area contributed by atoms with Crippen molar-refractivity contribution in [1.82, 2.24) is 0 Å². The third kappa shape index (κ3) is 3.08. The van der Waals surface area contributed by atoms with Crippen LogP contribution in [0.3, 0.4) is 0 Å². The summed E-state index contributed by atoms with van der Waals surface area (Å²) in [4.78, 5) is 13.1. The summed E-state index contributed by atoms with van der Waals surface area (Å²) in [6.07, 6.45) is 0. The Hall–Kier alpha value is -2.69. The zero-order chi connectivity index (χ0) is 15.6. The molecule has 21 heavy (non-hydrogen) atoms. The number of nitrogens with two attached hydrogens (primary N) is 1. The number of anilines is 4. The van der Waals surface area contributed by atoms with Crippen molar-refractivity contribution in [3.8, 4) is 0 Å². The van der Waals surface area contributed by atoms with E-state index >= 15 is 0 Å². The molecule has 0 aliphatic rings. The molecular weight excluding hydrogens is 266 g/mol. The maximum atomic E-state index is 11.1. The van der Waals surface area contributed by atoms with Crippen molar-refractivity contribution in [3.05, 3.63) is 47.5 Å². The first kappa shape index (κ1) is 14.7. The minimum Gasteiger partial charge on any atom is -0.478 e. The molecule has 2 aromatic rings. The molecule has 0 saturated carbocycles. The van der Waals surface area contributed by atoms with Gasteiger partial charge < -0.3 is 21.1 Å². The van der Waals surface area contributed by atoms with Crippen LogP contribution in [-0.2, 0) is 0 Å². The van der Waals surface area contributed by atoms with Crippen LogP contribution < -0.4 is 16.0 Å². The standard InChI is InChI=1S/C16H19N3O2/c1-10-7-8-11(9-14(10)19(2)3)18-13-6-4-5-12(15(13)17)16(20)21/h4-9,18H,17H2,1-3H3,(H,20,21). The fourth-order valence-corrected chi connectivity index (χ4v) is 2.19. The second kappa shape index (κ2) is 5.75. The summed E-state index contributed by atoms with van der Waals surface area (Å²) in [5.41, 5.74) is 9.94. The number of nitrogens with one attached hydrogen (secondary N) is 1. The van der Waals surface area contributed by atoms with Gasteiger partial charge in [-0.1, -0.05) is 12.1 Å². The van der Waals surface area contributed by atoms with Crippen LogP contribution >= 0.6 is 0 Å². The predicted molar refractivity (Wildman–Crippen MR) is 86.6 cm³/mol. The maximum absolute atomic E-state index is 11.1. The van der Waals surface area contributed by atoms with E-state index in [-0.39, 0.29) is 11.3 Å². The first-order valence-corrected chi connectivity index (χ1v) is 6.57. The summed E-state index contributed by atoms with van der Waals surface area (Å²) >= 11 is 0. The van der Waals surface area contributed by atoms with Crippen LogP contribution in [0.5, 0.6) is 0 Å². The summed E-state index contributed by atoms with van der Waals surface area (Å²) in [5, 5.41) is 12.3. The van der Waals surface area contributed by atoms with E-state index in [0.717, 1.165) is 16.9 Å². The molecule has 0 saturated heterocycles. The normalized spacial score (nSPS) is 10.2. The highest BCUT2D eigenvalue weighted by Gasteiger charge is 2.11. The van der Waals surface area contributed by atoms with E-state index in [1.807, 2.05) is 44.1 Å². The molecule has 0 spiro atoms. The van der Waals surface area contributed by atoms with Gasteiger partial charge in [-0.25, -0.2) is 4.79 Å². The van der Waals surface area contributed by atoms with E-state index in [2.05, 4.69) is 5.32 Å². The van der Waals surface area contributed by atoms with Crippen molar-refractivity contribution in [2.75, 3.05) is 30.0 Å². The molecule has 0 aliphatic carbocycles. The summed E-state index contributed by atoms with van der Waals surface area (Å²) in [5.74, 6) is -1.03. The fourth-order valence-electron chi connectivity index (χ4n) is 2.19. The Morgan fingerprint density at radius 1 is 1.24 bits per heavy atom. The summed E-state index contributed by atoms with van der Waals surface area (Å²) in [6, 6.07) is 10.9. The molecule has 0 atom stereocenters. The van der Waals surface area contributed by atoms with Gasteiger partial charge in [-0.05, 0) is 36.8 Å². The van der Waals surface area contributed by atoms with Crippen LogP contribution in [-0.4, -0.2) is 25.2 Å². The molecule has 0 radical (unpaired) electrons. The van der Waals surface area contributed by atoms with Crippen molar-refractivity contribution >= 4 is 28.7 Å². The minimum atomic E-state index is -1.03. The van der Waals surface area contributed by atoms with Gasteiger partial charge in [0.15, 0.2) is 0 Å². The van der Waals surface area contributed by atoms with Crippen LogP contribution in [0, 0.1) is 6.92 Å². The quantitative estimate of drug-likeness (QED) is 0.752. The van der Waals surface area contributed by atoms with Crippen molar-refractivity contribution < 1.29 is 9.90 Å². The molecule has 5 heteroatoms. The number of carboxylic acids is 1. The Morgan fingerprint density at radius 3 is 2.57 bits per heavy atom. The first-order chi connectivity index (χ1) is 9.90. The van der Waals surface area contributed by atoms with E-state index < -0.39 is 5.97 Å². The van der Waals surface area contributed by atoms with Crippen molar-refractivity contribution in [2.24, 2.45) is 0 Å². The number of carbonyl (C=O) groups is 1. The Balaban J connectivity index is 2.37. The van der Waals surface area contributed by atoms with Crippen LogP contribution in [0.25, 0.3) is 0 Å². The highest BCUT2D eigenvalue weighted by Crippen LogP contribution is 2.29. The molecular formula is C16H19N3O2. The van der Waals surface area contributed by atoms with Crippen LogP contribution in [0.4, 0.5) is 22.7 Å². The van der Waals surface area contributed by atoms with Crippen molar-refractivity contribution in [2.45, 2.75) is 6.92 Å². The highest BCUT2D eigenvalue weighted by molar-refractivity contribution is 5.97. The monoisotopic (exact) mass is 285 g/mol. The Kier molecular flexibility index (Phi) is 4.03. The van der Waals surface area contributed by atoms with E-state index in [1.54, 1.807) is 12.1 Å². The molecule has 4 N–H and O–H groups in total. The second-order valence-corrected chi connectivity index (χ2v) is 5.09. The summed E-state index contributed by atoms with van der Waals surface area (Å²) in [7, 11) is 3.96. The number of nitrogen functional groups attached to an aromatic ring is 1. The van der Waals surface area contributed by atoms with Gasteiger partial charge in [0.05, 0.1) is 16.9 Å². The molecule has 0 amide bonds. The Labute approximate surface area is 124 Å². The molecule has 0 bridgehead atoms. The van der Waals surface area contributed by atoms with Crippen LogP contribution in [0.1, 0.15) is 15.9 Å². The SMILES string of the molecule is Cc1ccc(Nc2cccc(C(=O)O)c2N)cc1N(C)C. The number of aromatic carboxylic acids is 1. The molecule has 0 heterocycles. The lowest BCUT2D eigenvalue weighted by Crippen LogP contribution is -2.10. The summed E-state index contributed by atoms with van der Waals surface area (Å²) < 4.78 is 0. The molecule has 110 valence electrons. The van der Waals surface area contributed by atoms with Crippen LogP contribution in [0.15, 0.2) is 36.4 Å². The van der Waals surface area contributed by atoms with Gasteiger partial charge in [0, 0.05) is 25.5 Å². The van der Waals surface area contributed by atoms with Gasteiger partial charge in [-0.2, -0.15) is 0 Å². The number of rotatable bonds is 4. The van der Waals surface area contributed by atoms with Crippen molar-refractivity contribution in [1.29, 1.82) is 0 Å². The number of aryl methyl sites for hydroxylation is 1. The Bertz CT molecular complexity index is 681. The van der Waals surface area contributed by atoms with Gasteiger partial charge in [0.25, 0.3) is 0 Å². The third-order valence-corrected chi connectivity index (χ3v) is 3.31. The average Bonchev–Trinajstić information content (AvgIpc) is 2.42. The molecule has 0 fully saturated rings. The van der Waals surface area contributed by atoms with Crippen molar-refractivity contribution in [3.63, 3.8) is 0 Å². The zero-order valence-electron chi connectivity index (χ0n) is 12.3. The summed E-state index contributed by atoms with van der Waals surface area (Å²) in [6.45, 7) is 2.04. The predicted octanol–water partition coefficient (Wildman–Crippen LogP) is 3.09. The van der Waals surface area contributed by atoms with Gasteiger partial charge in [-0.3, -0.25) is 0 Å². The van der Waals surface area contributed by atoms with E-state index in [1.165, 1.54) is 6.07 Å². The maximum Gasteiger partial charge on any atom is 0.337 e. The molecule has 0 aliphatic heterocycles. The van der Waals surface area contributed by atoms with Gasteiger partial charge in [0.2, 0.25) is 0 Å². The number of para-hydroxylation sites is 1. The van der Waals surface area contributed by atoms with Gasteiger partial charge >= 0.3 is 5.97 Å². The number of hydrogen-bond acceptors (Lipinski definition) is 4. The fraction of sp³-hybridized carbons (Fsp3) is 0.188. The third-order valence-electron chi connectivity index (χ3n) is 3.31. The number of carboxylic acid groups (broad SMARTS) is 1. The van der Waals surface area contributed by atoms with Crippen LogP contribution in [0.2, 0.25) is 0 Å². The average molecular weight is 285 g/mol. The Morgan fingerprint density at radius 2 is 1.95 bits per heavy atom. The largest absolute Gasteiger partial charge is 0.478 e. The zero-order valence-corrected chi connectivity index (χ0v) is 12.3. The van der Waals surface area contributed by atoms with E-state index in [9.17, 15) is 4.79 Å². The highest BCUT2D eigenvalue weighted by atomic mass is 16.4. The van der Waals surface area contributed by atoms with E-state index in [0.29, 0.717) is 5.69 Å².